The van der Waals surface area contributed by atoms with E-state index >= 15 is 0 Å². The second-order valence-corrected chi connectivity index (χ2v) is 6.46. The van der Waals surface area contributed by atoms with Crippen molar-refractivity contribution >= 4 is 38.6 Å². The van der Waals surface area contributed by atoms with Crippen molar-refractivity contribution in [2.24, 2.45) is 0 Å². The molecule has 0 aliphatic carbocycles. The summed E-state index contributed by atoms with van der Waals surface area (Å²) >= 11 is 3.40. The number of fused-ring (bicyclic) bond motifs is 1. The van der Waals surface area contributed by atoms with Crippen LogP contribution in [0.5, 0.6) is 0 Å². The quantitative estimate of drug-likeness (QED) is 0.544. The van der Waals surface area contributed by atoms with Gasteiger partial charge in [0.25, 0.3) is 0 Å². The van der Waals surface area contributed by atoms with Crippen LogP contribution >= 0.6 is 15.9 Å². The van der Waals surface area contributed by atoms with Crippen molar-refractivity contribution in [2.75, 3.05) is 5.32 Å². The molecule has 2 heterocycles. The molecule has 0 saturated heterocycles. The number of para-hydroxylation sites is 2. The molecule has 0 saturated carbocycles. The number of hydrogen-bond acceptors (Lipinski definition) is 3. The molecule has 4 aromatic rings. The molecule has 25 heavy (non-hydrogen) atoms. The number of amides is 1. The van der Waals surface area contributed by atoms with E-state index in [9.17, 15) is 4.79 Å². The Kier molecular flexibility index (Phi) is 4.11. The maximum Gasteiger partial charge on any atom is 0.244 e. The third-order valence-corrected chi connectivity index (χ3v) is 4.30. The largest absolute Gasteiger partial charge is 0.461 e. The Morgan fingerprint density at radius 3 is 2.80 bits per heavy atom. The van der Waals surface area contributed by atoms with Crippen LogP contribution in [0.25, 0.3) is 22.6 Å². The Morgan fingerprint density at radius 2 is 2.00 bits per heavy atom. The highest BCUT2D eigenvalue weighted by Crippen LogP contribution is 2.25. The summed E-state index contributed by atoms with van der Waals surface area (Å²) in [5.74, 6) is 1.14. The second-order valence-electron chi connectivity index (χ2n) is 5.55. The Balaban J connectivity index is 1.68. The van der Waals surface area contributed by atoms with Gasteiger partial charge in [0.1, 0.15) is 6.54 Å². The molecule has 0 aliphatic rings. The van der Waals surface area contributed by atoms with Gasteiger partial charge in [-0.1, -0.05) is 34.1 Å². The third-order valence-electron chi connectivity index (χ3n) is 3.81. The molecule has 0 aliphatic heterocycles. The molecule has 0 radical (unpaired) electrons. The first-order valence-electron chi connectivity index (χ1n) is 7.75. The molecule has 0 atom stereocenters. The molecule has 1 amide bonds. The highest BCUT2D eigenvalue weighted by Gasteiger charge is 2.16. The zero-order chi connectivity index (χ0) is 17.2. The summed E-state index contributed by atoms with van der Waals surface area (Å²) in [6, 6.07) is 18.9. The normalized spacial score (nSPS) is 10.9. The van der Waals surface area contributed by atoms with Crippen LogP contribution < -0.4 is 5.32 Å². The molecule has 2 aromatic heterocycles. The van der Waals surface area contributed by atoms with Gasteiger partial charge in [0.2, 0.25) is 5.91 Å². The summed E-state index contributed by atoms with van der Waals surface area (Å²) in [4.78, 5) is 17.2. The number of rotatable bonds is 4. The first-order valence-corrected chi connectivity index (χ1v) is 8.54. The van der Waals surface area contributed by atoms with E-state index in [0.717, 1.165) is 21.2 Å². The van der Waals surface area contributed by atoms with Gasteiger partial charge in [-0.25, -0.2) is 4.98 Å². The van der Waals surface area contributed by atoms with E-state index in [-0.39, 0.29) is 12.5 Å². The standard InChI is InChI=1S/C19H14BrN3O2/c20-13-5-3-6-14(11-13)21-18(24)12-23-16-8-2-1-7-15(16)22-19(23)17-9-4-10-25-17/h1-11H,12H2,(H,21,24). The Labute approximate surface area is 152 Å². The van der Waals surface area contributed by atoms with E-state index in [1.54, 1.807) is 12.3 Å². The number of aromatic nitrogens is 2. The fraction of sp³-hybridized carbons (Fsp3) is 0.0526. The summed E-state index contributed by atoms with van der Waals surface area (Å²) in [7, 11) is 0. The summed E-state index contributed by atoms with van der Waals surface area (Å²) in [6.45, 7) is 0.142. The monoisotopic (exact) mass is 395 g/mol. The Bertz CT molecular complexity index is 1040. The average Bonchev–Trinajstić information content (AvgIpc) is 3.23. The van der Waals surface area contributed by atoms with E-state index in [2.05, 4.69) is 26.2 Å². The number of hydrogen-bond donors (Lipinski definition) is 1. The van der Waals surface area contributed by atoms with Crippen LogP contribution in [-0.2, 0) is 11.3 Å². The van der Waals surface area contributed by atoms with Crippen LogP contribution in [0.15, 0.2) is 75.8 Å². The van der Waals surface area contributed by atoms with Crippen LogP contribution in [0.3, 0.4) is 0 Å². The molecule has 0 spiro atoms. The molecule has 124 valence electrons. The summed E-state index contributed by atoms with van der Waals surface area (Å²) in [5, 5.41) is 2.91. The van der Waals surface area contributed by atoms with Gasteiger partial charge in [0.05, 0.1) is 17.3 Å². The summed E-state index contributed by atoms with van der Waals surface area (Å²) in [6.07, 6.45) is 1.60. The number of carbonyl (C=O) groups excluding carboxylic acids is 1. The molecule has 6 heteroatoms. The van der Waals surface area contributed by atoms with Crippen LogP contribution in [0.4, 0.5) is 5.69 Å². The fourth-order valence-corrected chi connectivity index (χ4v) is 3.14. The lowest BCUT2D eigenvalue weighted by atomic mass is 10.3. The van der Waals surface area contributed by atoms with Gasteiger partial charge in [-0.3, -0.25) is 4.79 Å². The van der Waals surface area contributed by atoms with Crippen LogP contribution in [0.2, 0.25) is 0 Å². The van der Waals surface area contributed by atoms with Gasteiger partial charge < -0.3 is 14.3 Å². The average molecular weight is 396 g/mol. The van der Waals surface area contributed by atoms with Gasteiger partial charge in [-0.05, 0) is 42.5 Å². The van der Waals surface area contributed by atoms with Gasteiger partial charge >= 0.3 is 0 Å². The van der Waals surface area contributed by atoms with E-state index in [0.29, 0.717) is 11.6 Å². The molecule has 4 rings (SSSR count). The van der Waals surface area contributed by atoms with Gasteiger partial charge in [-0.2, -0.15) is 0 Å². The van der Waals surface area contributed by atoms with Gasteiger partial charge in [-0.15, -0.1) is 0 Å². The van der Waals surface area contributed by atoms with Crippen molar-refractivity contribution in [3.05, 3.63) is 71.4 Å². The van der Waals surface area contributed by atoms with Gasteiger partial charge in [0.15, 0.2) is 11.6 Å². The van der Waals surface area contributed by atoms with Crippen molar-refractivity contribution in [1.29, 1.82) is 0 Å². The molecular formula is C19H14BrN3O2. The maximum absolute atomic E-state index is 12.6. The number of nitrogens with zero attached hydrogens (tertiary/aromatic N) is 2. The number of halogens is 1. The van der Waals surface area contributed by atoms with Crippen molar-refractivity contribution in [1.82, 2.24) is 9.55 Å². The predicted octanol–water partition coefficient (Wildman–Crippen LogP) is 4.70. The van der Waals surface area contributed by atoms with Crippen molar-refractivity contribution in [3.63, 3.8) is 0 Å². The second kappa shape index (κ2) is 6.57. The predicted molar refractivity (Wildman–Crippen MR) is 100 cm³/mol. The van der Waals surface area contributed by atoms with E-state index in [4.69, 9.17) is 4.42 Å². The lowest BCUT2D eigenvalue weighted by Crippen LogP contribution is -2.19. The van der Waals surface area contributed by atoms with E-state index in [1.807, 2.05) is 59.2 Å². The molecule has 0 unspecified atom stereocenters. The summed E-state index contributed by atoms with van der Waals surface area (Å²) < 4.78 is 8.26. The minimum atomic E-state index is -0.131. The fourth-order valence-electron chi connectivity index (χ4n) is 2.74. The van der Waals surface area contributed by atoms with E-state index < -0.39 is 0 Å². The number of benzene rings is 2. The first kappa shape index (κ1) is 15.7. The van der Waals surface area contributed by atoms with Gasteiger partial charge in [0, 0.05) is 10.2 Å². The highest BCUT2D eigenvalue weighted by molar-refractivity contribution is 9.10. The minimum Gasteiger partial charge on any atom is -0.461 e. The number of nitrogens with one attached hydrogen (secondary N) is 1. The molecule has 1 N–H and O–H groups in total. The Morgan fingerprint density at radius 1 is 1.12 bits per heavy atom. The summed E-state index contributed by atoms with van der Waals surface area (Å²) in [5.41, 5.74) is 2.45. The molecule has 2 aromatic carbocycles. The topological polar surface area (TPSA) is 60.1 Å². The molecule has 5 nitrogen and oxygen atoms in total. The zero-order valence-electron chi connectivity index (χ0n) is 13.1. The lowest BCUT2D eigenvalue weighted by Gasteiger charge is -2.09. The van der Waals surface area contributed by atoms with Crippen LogP contribution in [0.1, 0.15) is 0 Å². The molecule has 0 bridgehead atoms. The number of furan rings is 1. The highest BCUT2D eigenvalue weighted by atomic mass is 79.9. The van der Waals surface area contributed by atoms with Crippen LogP contribution in [0, 0.1) is 0 Å². The molecule has 0 fully saturated rings. The van der Waals surface area contributed by atoms with E-state index in [1.165, 1.54) is 0 Å². The van der Waals surface area contributed by atoms with Crippen molar-refractivity contribution < 1.29 is 9.21 Å². The third kappa shape index (κ3) is 3.21. The molecular weight excluding hydrogens is 382 g/mol. The van der Waals surface area contributed by atoms with Crippen molar-refractivity contribution in [2.45, 2.75) is 6.54 Å². The minimum absolute atomic E-state index is 0.131. The zero-order valence-corrected chi connectivity index (χ0v) is 14.7. The Hall–Kier alpha value is -2.86. The number of carbonyl (C=O) groups is 1. The lowest BCUT2D eigenvalue weighted by molar-refractivity contribution is -0.116. The van der Waals surface area contributed by atoms with Crippen molar-refractivity contribution in [3.8, 4) is 11.6 Å². The maximum atomic E-state index is 12.6. The number of imidazole rings is 1. The number of anilines is 1. The first-order chi connectivity index (χ1) is 12.2. The SMILES string of the molecule is O=C(Cn1c(-c2ccco2)nc2ccccc21)Nc1cccc(Br)c1. The van der Waals surface area contributed by atoms with Crippen LogP contribution in [-0.4, -0.2) is 15.5 Å². The smallest absolute Gasteiger partial charge is 0.244 e.